The quantitative estimate of drug-likeness (QED) is 0.0420. The summed E-state index contributed by atoms with van der Waals surface area (Å²) < 4.78 is 0. The Labute approximate surface area is 425 Å². The van der Waals surface area contributed by atoms with Gasteiger partial charge in [-0.2, -0.15) is 0 Å². The van der Waals surface area contributed by atoms with Crippen molar-refractivity contribution >= 4 is 5.91 Å². The first-order valence-electron chi connectivity index (χ1n) is 30.2. The zero-order valence-electron chi connectivity index (χ0n) is 45.6. The molecule has 4 nitrogen and oxygen atoms in total. The first kappa shape index (κ1) is 65.8. The molecule has 0 aliphatic heterocycles. The molecule has 0 aliphatic carbocycles. The second-order valence-corrected chi connectivity index (χ2v) is 20.4. The third kappa shape index (κ3) is 54.8. The van der Waals surface area contributed by atoms with Gasteiger partial charge in [0.1, 0.15) is 0 Å². The number of carbonyl (C=O) groups is 1. The van der Waals surface area contributed by atoms with Crippen LogP contribution in [0.5, 0.6) is 0 Å². The van der Waals surface area contributed by atoms with Gasteiger partial charge in [-0.15, -0.1) is 0 Å². The normalized spacial score (nSPS) is 13.3. The third-order valence-corrected chi connectivity index (χ3v) is 13.7. The molecule has 0 aromatic heterocycles. The van der Waals surface area contributed by atoms with Gasteiger partial charge in [-0.05, 0) is 64.2 Å². The van der Waals surface area contributed by atoms with E-state index in [1.54, 1.807) is 6.08 Å². The summed E-state index contributed by atoms with van der Waals surface area (Å²) in [6.45, 7) is 4.22. The van der Waals surface area contributed by atoms with Crippen LogP contribution in [0.15, 0.2) is 72.9 Å². The van der Waals surface area contributed by atoms with Gasteiger partial charge in [0.2, 0.25) is 5.91 Å². The van der Waals surface area contributed by atoms with Crippen molar-refractivity contribution in [2.75, 3.05) is 6.61 Å². The van der Waals surface area contributed by atoms with Crippen molar-refractivity contribution in [2.45, 2.75) is 321 Å². The zero-order valence-corrected chi connectivity index (χ0v) is 45.6. The van der Waals surface area contributed by atoms with Gasteiger partial charge in [0.05, 0.1) is 18.8 Å². The SMILES string of the molecule is CC/C=C\C/C=C\C/C=C\C/C=C\C/C=C\CCCCCCCCCCCCCCCCCCCCCC(=O)NC(CO)C(O)/C=C/CCCCCCCCCCCCCCCCCCCCC. The van der Waals surface area contributed by atoms with Gasteiger partial charge in [-0.3, -0.25) is 4.79 Å². The van der Waals surface area contributed by atoms with Crippen LogP contribution in [0.1, 0.15) is 309 Å². The minimum atomic E-state index is -0.841. The molecule has 0 bridgehead atoms. The highest BCUT2D eigenvalue weighted by molar-refractivity contribution is 5.76. The summed E-state index contributed by atoms with van der Waals surface area (Å²) in [5.74, 6) is -0.0604. The maximum absolute atomic E-state index is 12.5. The van der Waals surface area contributed by atoms with Crippen LogP contribution >= 0.6 is 0 Å². The van der Waals surface area contributed by atoms with E-state index in [0.29, 0.717) is 6.42 Å². The van der Waals surface area contributed by atoms with Gasteiger partial charge in [0, 0.05) is 6.42 Å². The fourth-order valence-electron chi connectivity index (χ4n) is 9.15. The molecule has 396 valence electrons. The maximum atomic E-state index is 12.5. The molecule has 68 heavy (non-hydrogen) atoms. The maximum Gasteiger partial charge on any atom is 0.220 e. The summed E-state index contributed by atoms with van der Waals surface area (Å²) in [4.78, 5) is 12.5. The molecule has 0 radical (unpaired) electrons. The molecular weight excluding hydrogens is 831 g/mol. The second kappa shape index (κ2) is 59.1. The molecule has 3 N–H and O–H groups in total. The van der Waals surface area contributed by atoms with E-state index in [-0.39, 0.29) is 12.5 Å². The molecule has 0 spiro atoms. The highest BCUT2D eigenvalue weighted by atomic mass is 16.3. The number of rotatable bonds is 55. The predicted molar refractivity (Wildman–Crippen MR) is 304 cm³/mol. The number of hydrogen-bond donors (Lipinski definition) is 3. The van der Waals surface area contributed by atoms with Crippen molar-refractivity contribution in [2.24, 2.45) is 0 Å². The average molecular weight is 949 g/mol. The number of hydrogen-bond acceptors (Lipinski definition) is 3. The van der Waals surface area contributed by atoms with Crippen LogP contribution in [-0.2, 0) is 4.79 Å². The number of aliphatic hydroxyl groups is 2. The van der Waals surface area contributed by atoms with E-state index in [1.165, 1.54) is 231 Å². The van der Waals surface area contributed by atoms with Crippen molar-refractivity contribution in [1.82, 2.24) is 5.32 Å². The molecule has 2 unspecified atom stereocenters. The van der Waals surface area contributed by atoms with Gasteiger partial charge in [0.25, 0.3) is 0 Å². The molecule has 1 amide bonds. The van der Waals surface area contributed by atoms with Gasteiger partial charge < -0.3 is 15.5 Å². The highest BCUT2D eigenvalue weighted by Crippen LogP contribution is 2.17. The lowest BCUT2D eigenvalue weighted by molar-refractivity contribution is -0.123. The number of nitrogens with one attached hydrogen (secondary N) is 1. The molecule has 0 saturated carbocycles. The van der Waals surface area contributed by atoms with E-state index >= 15 is 0 Å². The Bertz CT molecular complexity index is 1170. The van der Waals surface area contributed by atoms with Gasteiger partial charge in [-0.1, -0.05) is 311 Å². The van der Waals surface area contributed by atoms with Crippen LogP contribution in [-0.4, -0.2) is 34.9 Å². The molecule has 0 heterocycles. The Morgan fingerprint density at radius 1 is 0.368 bits per heavy atom. The fraction of sp³-hybridized carbons (Fsp3) is 0.797. The highest BCUT2D eigenvalue weighted by Gasteiger charge is 2.18. The molecule has 2 atom stereocenters. The van der Waals surface area contributed by atoms with Crippen LogP contribution in [0.3, 0.4) is 0 Å². The molecule has 0 aliphatic rings. The molecule has 0 fully saturated rings. The molecule has 0 aromatic carbocycles. The number of amides is 1. The number of unbranched alkanes of at least 4 members (excludes halogenated alkanes) is 38. The zero-order chi connectivity index (χ0) is 49.2. The van der Waals surface area contributed by atoms with E-state index in [0.717, 1.165) is 57.8 Å². The van der Waals surface area contributed by atoms with Crippen molar-refractivity contribution in [1.29, 1.82) is 0 Å². The Morgan fingerprint density at radius 3 is 0.971 bits per heavy atom. The van der Waals surface area contributed by atoms with E-state index in [4.69, 9.17) is 0 Å². The summed E-state index contributed by atoms with van der Waals surface area (Å²) in [5.41, 5.74) is 0. The van der Waals surface area contributed by atoms with Crippen LogP contribution in [0.2, 0.25) is 0 Å². The lowest BCUT2D eigenvalue weighted by Crippen LogP contribution is -2.45. The first-order chi connectivity index (χ1) is 33.7. The van der Waals surface area contributed by atoms with Crippen LogP contribution in [0.4, 0.5) is 0 Å². The van der Waals surface area contributed by atoms with E-state index < -0.39 is 12.1 Å². The van der Waals surface area contributed by atoms with Crippen molar-refractivity contribution in [3.05, 3.63) is 72.9 Å². The minimum Gasteiger partial charge on any atom is -0.394 e. The van der Waals surface area contributed by atoms with Crippen LogP contribution in [0.25, 0.3) is 0 Å². The van der Waals surface area contributed by atoms with Crippen molar-refractivity contribution in [3.63, 3.8) is 0 Å². The topological polar surface area (TPSA) is 69.6 Å². The molecule has 0 aromatic rings. The number of carbonyl (C=O) groups excluding carboxylic acids is 1. The smallest absolute Gasteiger partial charge is 0.220 e. The van der Waals surface area contributed by atoms with E-state index in [2.05, 4.69) is 79.9 Å². The van der Waals surface area contributed by atoms with Crippen LogP contribution in [0, 0.1) is 0 Å². The predicted octanol–water partition coefficient (Wildman–Crippen LogP) is 20.1. The monoisotopic (exact) mass is 948 g/mol. The van der Waals surface area contributed by atoms with Gasteiger partial charge >= 0.3 is 0 Å². The summed E-state index contributed by atoms with van der Waals surface area (Å²) >= 11 is 0. The largest absolute Gasteiger partial charge is 0.394 e. The first-order valence-corrected chi connectivity index (χ1v) is 30.2. The standard InChI is InChI=1S/C64H117NO3/c1-3-5-7-9-11-13-15-17-19-21-23-25-26-27-28-29-30-31-32-33-34-35-36-37-38-40-42-44-46-48-50-52-54-56-58-60-64(68)65-62(61-66)63(67)59-57-55-53-51-49-47-45-43-41-39-24-22-20-18-16-14-12-10-8-6-4-2/h5,7,11,13,17,19,23,25,27-28,57,59,62-63,66-67H,3-4,6,8-10,12,14-16,18,20-22,24,26,29-56,58,60-61H2,1-2H3,(H,65,68)/b7-5-,13-11-,19-17-,25-23-,28-27-,59-57+. The lowest BCUT2D eigenvalue weighted by atomic mass is 10.0. The Kier molecular flexibility index (Phi) is 57.3. The third-order valence-electron chi connectivity index (χ3n) is 13.7. The molecular formula is C64H117NO3. The Morgan fingerprint density at radius 2 is 0.647 bits per heavy atom. The van der Waals surface area contributed by atoms with Crippen molar-refractivity contribution in [3.8, 4) is 0 Å². The van der Waals surface area contributed by atoms with Crippen molar-refractivity contribution < 1.29 is 15.0 Å². The Hall–Kier alpha value is -2.17. The average Bonchev–Trinajstić information content (AvgIpc) is 3.34. The minimum absolute atomic E-state index is 0.0604. The van der Waals surface area contributed by atoms with E-state index in [9.17, 15) is 15.0 Å². The van der Waals surface area contributed by atoms with Gasteiger partial charge in [0.15, 0.2) is 0 Å². The van der Waals surface area contributed by atoms with Gasteiger partial charge in [-0.25, -0.2) is 0 Å². The molecule has 4 heteroatoms. The summed E-state index contributed by atoms with van der Waals surface area (Å²) in [5, 5.41) is 23.2. The number of allylic oxidation sites excluding steroid dienone is 11. The van der Waals surface area contributed by atoms with Crippen LogP contribution < -0.4 is 5.32 Å². The lowest BCUT2D eigenvalue weighted by Gasteiger charge is -2.20. The number of aliphatic hydroxyl groups excluding tert-OH is 2. The molecule has 0 saturated heterocycles. The summed E-state index contributed by atoms with van der Waals surface area (Å²) in [6.07, 6.45) is 85.1. The van der Waals surface area contributed by atoms with E-state index in [1.807, 2.05) is 6.08 Å². The second-order valence-electron chi connectivity index (χ2n) is 20.4. The fourth-order valence-corrected chi connectivity index (χ4v) is 9.15. The summed E-state index contributed by atoms with van der Waals surface area (Å²) in [6, 6.07) is -0.624. The summed E-state index contributed by atoms with van der Waals surface area (Å²) in [7, 11) is 0. The Balaban J connectivity index is 3.47. The molecule has 0 rings (SSSR count).